The highest BCUT2D eigenvalue weighted by Gasteiger charge is 2.28. The number of nitrogens with zero attached hydrogens (tertiary/aromatic N) is 1. The van der Waals surface area contributed by atoms with E-state index in [-0.39, 0.29) is 0 Å². The number of aliphatic carboxylic acids is 2. The summed E-state index contributed by atoms with van der Waals surface area (Å²) in [6.45, 7) is 1.90. The van der Waals surface area contributed by atoms with Gasteiger partial charge >= 0.3 is 18.0 Å². The third-order valence-corrected chi connectivity index (χ3v) is 3.27. The molecule has 0 spiro atoms. The third kappa shape index (κ3) is 5.04. The van der Waals surface area contributed by atoms with Gasteiger partial charge in [0.15, 0.2) is 0 Å². The second-order valence-electron chi connectivity index (χ2n) is 4.95. The van der Waals surface area contributed by atoms with E-state index >= 15 is 0 Å². The first kappa shape index (κ1) is 16.2. The average Bonchev–Trinajstić information content (AvgIpc) is 2.38. The Morgan fingerprint density at radius 1 is 1.35 bits per heavy atom. The predicted molar refractivity (Wildman–Crippen MR) is 70.4 cm³/mol. The Morgan fingerprint density at radius 3 is 2.60 bits per heavy atom. The number of rotatable bonds is 6. The molecule has 4 N–H and O–H groups in total. The molecule has 1 aliphatic rings. The van der Waals surface area contributed by atoms with Crippen LogP contribution in [0.3, 0.4) is 0 Å². The monoisotopic (exact) mass is 287 g/mol. The highest BCUT2D eigenvalue weighted by atomic mass is 16.4. The molecule has 8 nitrogen and oxygen atoms in total. The summed E-state index contributed by atoms with van der Waals surface area (Å²) in [5.74, 6) is -2.27. The Kier molecular flexibility index (Phi) is 6.23. The fourth-order valence-electron chi connectivity index (χ4n) is 2.32. The largest absolute Gasteiger partial charge is 0.481 e. The van der Waals surface area contributed by atoms with Crippen molar-refractivity contribution in [3.05, 3.63) is 0 Å². The second kappa shape index (κ2) is 7.68. The standard InChI is InChI=1S/C12H21N3O5/c1-13-6-8-3-2-4-15(7-8)12(20)14-9(11(18)19)5-10(16)17/h8-9,13H,2-7H2,1H3,(H,14,20)(H,16,17)(H,18,19)/t8?,9-/m0/s1. The molecule has 1 aliphatic heterocycles. The van der Waals surface area contributed by atoms with Gasteiger partial charge in [-0.25, -0.2) is 9.59 Å². The zero-order valence-corrected chi connectivity index (χ0v) is 11.5. The maximum atomic E-state index is 12.0. The first-order chi connectivity index (χ1) is 9.43. The average molecular weight is 287 g/mol. The van der Waals surface area contributed by atoms with Crippen LogP contribution in [0.1, 0.15) is 19.3 Å². The Bertz CT molecular complexity index is 372. The first-order valence-corrected chi connectivity index (χ1v) is 6.58. The van der Waals surface area contributed by atoms with E-state index in [0.29, 0.717) is 19.0 Å². The minimum atomic E-state index is -1.40. The molecule has 1 saturated heterocycles. The van der Waals surface area contributed by atoms with Gasteiger partial charge in [-0.2, -0.15) is 0 Å². The van der Waals surface area contributed by atoms with E-state index in [1.165, 1.54) is 0 Å². The van der Waals surface area contributed by atoms with Gasteiger partial charge in [0.05, 0.1) is 6.42 Å². The quantitative estimate of drug-likeness (QED) is 0.525. The van der Waals surface area contributed by atoms with Gasteiger partial charge in [-0.15, -0.1) is 0 Å². The molecule has 0 radical (unpaired) electrons. The van der Waals surface area contributed by atoms with Crippen LogP contribution in [0.4, 0.5) is 4.79 Å². The molecule has 1 rings (SSSR count). The first-order valence-electron chi connectivity index (χ1n) is 6.58. The van der Waals surface area contributed by atoms with Crippen molar-refractivity contribution in [1.29, 1.82) is 0 Å². The lowest BCUT2D eigenvalue weighted by Gasteiger charge is -2.33. The number of carbonyl (C=O) groups excluding carboxylic acids is 1. The summed E-state index contributed by atoms with van der Waals surface area (Å²) < 4.78 is 0. The minimum Gasteiger partial charge on any atom is -0.481 e. The van der Waals surface area contributed by atoms with Crippen molar-refractivity contribution in [2.45, 2.75) is 25.3 Å². The highest BCUT2D eigenvalue weighted by molar-refractivity contribution is 5.86. The summed E-state index contributed by atoms with van der Waals surface area (Å²) in [5.41, 5.74) is 0. The summed E-state index contributed by atoms with van der Waals surface area (Å²) in [4.78, 5) is 35.0. The normalized spacial score (nSPS) is 20.2. The lowest BCUT2D eigenvalue weighted by molar-refractivity contribution is -0.145. The van der Waals surface area contributed by atoms with Gasteiger partial charge in [0.25, 0.3) is 0 Å². The molecule has 1 fully saturated rings. The van der Waals surface area contributed by atoms with Gasteiger partial charge in [0.1, 0.15) is 6.04 Å². The molecule has 8 heteroatoms. The van der Waals surface area contributed by atoms with Gasteiger partial charge in [0.2, 0.25) is 0 Å². The summed E-state index contributed by atoms with van der Waals surface area (Å²) in [6.07, 6.45) is 1.24. The van der Waals surface area contributed by atoms with Crippen molar-refractivity contribution in [1.82, 2.24) is 15.5 Å². The molecule has 0 aromatic carbocycles. The summed E-state index contributed by atoms with van der Waals surface area (Å²) >= 11 is 0. The molecule has 114 valence electrons. The van der Waals surface area contributed by atoms with Crippen molar-refractivity contribution in [3.8, 4) is 0 Å². The Balaban J connectivity index is 2.55. The third-order valence-electron chi connectivity index (χ3n) is 3.27. The van der Waals surface area contributed by atoms with Crippen LogP contribution in [0.2, 0.25) is 0 Å². The lowest BCUT2D eigenvalue weighted by Crippen LogP contribution is -2.52. The summed E-state index contributed by atoms with van der Waals surface area (Å²) in [6, 6.07) is -1.91. The van der Waals surface area contributed by atoms with Crippen molar-refractivity contribution in [3.63, 3.8) is 0 Å². The van der Waals surface area contributed by atoms with Crippen LogP contribution >= 0.6 is 0 Å². The second-order valence-corrected chi connectivity index (χ2v) is 4.95. The smallest absolute Gasteiger partial charge is 0.326 e. The number of hydrogen-bond donors (Lipinski definition) is 4. The fraction of sp³-hybridized carbons (Fsp3) is 0.750. The van der Waals surface area contributed by atoms with E-state index in [9.17, 15) is 14.4 Å². The topological polar surface area (TPSA) is 119 Å². The van der Waals surface area contributed by atoms with E-state index < -0.39 is 30.4 Å². The maximum Gasteiger partial charge on any atom is 0.326 e. The van der Waals surface area contributed by atoms with Crippen LogP contribution in [-0.2, 0) is 9.59 Å². The molecular formula is C12H21N3O5. The van der Waals surface area contributed by atoms with Crippen LogP contribution in [0.25, 0.3) is 0 Å². The number of piperidine rings is 1. The molecule has 2 atom stereocenters. The number of amides is 2. The fourth-order valence-corrected chi connectivity index (χ4v) is 2.32. The van der Waals surface area contributed by atoms with E-state index in [4.69, 9.17) is 10.2 Å². The number of carboxylic acids is 2. The van der Waals surface area contributed by atoms with Gasteiger partial charge in [0, 0.05) is 13.1 Å². The Hall–Kier alpha value is -1.83. The van der Waals surface area contributed by atoms with Gasteiger partial charge in [-0.3, -0.25) is 4.79 Å². The van der Waals surface area contributed by atoms with Gasteiger partial charge in [-0.1, -0.05) is 0 Å². The SMILES string of the molecule is CNCC1CCCN(C(=O)N[C@@H](CC(=O)O)C(=O)O)C1. The molecule has 20 heavy (non-hydrogen) atoms. The number of likely N-dealkylation sites (tertiary alicyclic amines) is 1. The molecule has 1 unspecified atom stereocenters. The Labute approximate surface area is 117 Å². The van der Waals surface area contributed by atoms with Crippen LogP contribution < -0.4 is 10.6 Å². The maximum absolute atomic E-state index is 12.0. The zero-order chi connectivity index (χ0) is 15.1. The van der Waals surface area contributed by atoms with Crippen LogP contribution in [0, 0.1) is 5.92 Å². The van der Waals surface area contributed by atoms with E-state index in [2.05, 4.69) is 10.6 Å². The molecular weight excluding hydrogens is 266 g/mol. The minimum absolute atomic E-state index is 0.335. The number of nitrogens with one attached hydrogen (secondary N) is 2. The number of carbonyl (C=O) groups is 3. The molecule has 0 bridgehead atoms. The molecule has 1 heterocycles. The molecule has 0 aromatic rings. The molecule has 2 amide bonds. The van der Waals surface area contributed by atoms with Crippen LogP contribution in [0.5, 0.6) is 0 Å². The zero-order valence-electron chi connectivity index (χ0n) is 11.5. The molecule has 0 aliphatic carbocycles. The van der Waals surface area contributed by atoms with E-state index in [1.54, 1.807) is 4.90 Å². The van der Waals surface area contributed by atoms with Gasteiger partial charge in [-0.05, 0) is 32.4 Å². The highest BCUT2D eigenvalue weighted by Crippen LogP contribution is 2.15. The number of carboxylic acid groups (broad SMARTS) is 2. The van der Waals surface area contributed by atoms with E-state index in [1.807, 2.05) is 7.05 Å². The van der Waals surface area contributed by atoms with Gasteiger partial charge < -0.3 is 25.7 Å². The summed E-state index contributed by atoms with van der Waals surface area (Å²) in [5, 5.41) is 22.8. The molecule has 0 aromatic heterocycles. The van der Waals surface area contributed by atoms with E-state index in [0.717, 1.165) is 19.4 Å². The van der Waals surface area contributed by atoms with Crippen LogP contribution in [0.15, 0.2) is 0 Å². The van der Waals surface area contributed by atoms with Crippen molar-refractivity contribution < 1.29 is 24.6 Å². The number of urea groups is 1. The molecule has 0 saturated carbocycles. The van der Waals surface area contributed by atoms with Crippen LogP contribution in [-0.4, -0.2) is 65.8 Å². The van der Waals surface area contributed by atoms with Crippen molar-refractivity contribution >= 4 is 18.0 Å². The number of hydrogen-bond acceptors (Lipinski definition) is 4. The van der Waals surface area contributed by atoms with Crippen molar-refractivity contribution in [2.24, 2.45) is 5.92 Å². The lowest BCUT2D eigenvalue weighted by atomic mass is 9.98. The predicted octanol–water partition coefficient (Wildman–Crippen LogP) is -0.445. The Morgan fingerprint density at radius 2 is 2.05 bits per heavy atom. The van der Waals surface area contributed by atoms with Crippen molar-refractivity contribution in [2.75, 3.05) is 26.7 Å². The summed E-state index contributed by atoms with van der Waals surface area (Å²) in [7, 11) is 1.84.